The van der Waals surface area contributed by atoms with Gasteiger partial charge in [-0.2, -0.15) is 0 Å². The van der Waals surface area contributed by atoms with Crippen molar-refractivity contribution in [3.8, 4) is 0 Å². The minimum absolute atomic E-state index is 0.0659. The van der Waals surface area contributed by atoms with Crippen LogP contribution >= 0.6 is 0 Å². The number of nitrogens with two attached hydrogens (primary N) is 1. The Morgan fingerprint density at radius 2 is 1.22 bits per heavy atom. The molecule has 2 amide bonds. The van der Waals surface area contributed by atoms with Crippen LogP contribution in [0.1, 0.15) is 82.6 Å². The van der Waals surface area contributed by atoms with Crippen molar-refractivity contribution in [1.29, 1.82) is 0 Å². The van der Waals surface area contributed by atoms with Crippen molar-refractivity contribution in [1.82, 2.24) is 10.6 Å². The van der Waals surface area contributed by atoms with Crippen LogP contribution in [-0.4, -0.2) is 37.4 Å². The molecule has 0 aliphatic rings. The molecule has 0 spiro atoms. The third kappa shape index (κ3) is 16.3. The van der Waals surface area contributed by atoms with Crippen LogP contribution in [-0.2, 0) is 25.7 Å². The SMILES string of the molecule is NCCCCCC(=O)NCCCCCC(=O)NCCCCCC(=O)OCc1ccccc1. The maximum Gasteiger partial charge on any atom is 0.306 e. The second-order valence-electron chi connectivity index (χ2n) is 8.07. The van der Waals surface area contributed by atoms with Gasteiger partial charge in [0.2, 0.25) is 11.8 Å². The third-order valence-electron chi connectivity index (χ3n) is 5.13. The highest BCUT2D eigenvalue weighted by molar-refractivity contribution is 5.76. The van der Waals surface area contributed by atoms with Gasteiger partial charge in [0.1, 0.15) is 6.61 Å². The number of rotatable bonds is 19. The molecule has 1 rings (SSSR count). The zero-order valence-electron chi connectivity index (χ0n) is 19.4. The smallest absolute Gasteiger partial charge is 0.306 e. The maximum absolute atomic E-state index is 11.9. The average molecular weight is 448 g/mol. The molecule has 0 unspecified atom stereocenters. The zero-order valence-corrected chi connectivity index (χ0v) is 19.4. The molecular weight excluding hydrogens is 406 g/mol. The summed E-state index contributed by atoms with van der Waals surface area (Å²) in [4.78, 5) is 35.2. The predicted molar refractivity (Wildman–Crippen MR) is 127 cm³/mol. The van der Waals surface area contributed by atoms with E-state index < -0.39 is 0 Å². The number of carbonyl (C=O) groups excluding carboxylic acids is 3. The number of esters is 1. The fourth-order valence-corrected chi connectivity index (χ4v) is 3.21. The van der Waals surface area contributed by atoms with E-state index in [0.717, 1.165) is 63.4 Å². The van der Waals surface area contributed by atoms with E-state index in [1.54, 1.807) is 0 Å². The molecule has 7 heteroatoms. The monoisotopic (exact) mass is 447 g/mol. The molecule has 0 radical (unpaired) electrons. The van der Waals surface area contributed by atoms with Gasteiger partial charge in [-0.15, -0.1) is 0 Å². The van der Waals surface area contributed by atoms with Gasteiger partial charge in [0.05, 0.1) is 0 Å². The summed E-state index contributed by atoms with van der Waals surface area (Å²) < 4.78 is 5.25. The van der Waals surface area contributed by atoms with Gasteiger partial charge in [-0.3, -0.25) is 14.4 Å². The van der Waals surface area contributed by atoms with Crippen LogP contribution < -0.4 is 16.4 Å². The van der Waals surface area contributed by atoms with E-state index >= 15 is 0 Å². The molecule has 0 atom stereocenters. The first-order valence-corrected chi connectivity index (χ1v) is 12.0. The number of amides is 2. The Morgan fingerprint density at radius 1 is 0.688 bits per heavy atom. The Kier molecular flexibility index (Phi) is 16.7. The molecule has 1 aromatic carbocycles. The van der Waals surface area contributed by atoms with Crippen LogP contribution in [0.25, 0.3) is 0 Å². The zero-order chi connectivity index (χ0) is 23.3. The van der Waals surface area contributed by atoms with E-state index in [0.29, 0.717) is 45.5 Å². The van der Waals surface area contributed by atoms with Crippen molar-refractivity contribution in [3.05, 3.63) is 35.9 Å². The van der Waals surface area contributed by atoms with Crippen LogP contribution in [0.3, 0.4) is 0 Å². The van der Waals surface area contributed by atoms with Crippen LogP contribution in [0.4, 0.5) is 0 Å². The Hall–Kier alpha value is -2.41. The second kappa shape index (κ2) is 19.3. The molecule has 0 aliphatic carbocycles. The Bertz CT molecular complexity index is 637. The van der Waals surface area contributed by atoms with Crippen LogP contribution in [0, 0.1) is 0 Å². The van der Waals surface area contributed by atoms with Crippen LogP contribution in [0.2, 0.25) is 0 Å². The lowest BCUT2D eigenvalue weighted by atomic mass is 10.1. The molecular formula is C25H41N3O4. The van der Waals surface area contributed by atoms with Gasteiger partial charge in [0, 0.05) is 32.4 Å². The predicted octanol–water partition coefficient (Wildman–Crippen LogP) is 3.60. The first-order valence-electron chi connectivity index (χ1n) is 12.0. The highest BCUT2D eigenvalue weighted by atomic mass is 16.5. The maximum atomic E-state index is 11.9. The van der Waals surface area contributed by atoms with E-state index in [9.17, 15) is 14.4 Å². The molecule has 0 aliphatic heterocycles. The lowest BCUT2D eigenvalue weighted by Crippen LogP contribution is -2.25. The fourth-order valence-electron chi connectivity index (χ4n) is 3.21. The number of unbranched alkanes of at least 4 members (excludes halogenated alkanes) is 6. The summed E-state index contributed by atoms with van der Waals surface area (Å²) in [5.74, 6) is -0.0129. The first-order chi connectivity index (χ1) is 15.6. The summed E-state index contributed by atoms with van der Waals surface area (Å²) in [6.07, 6.45) is 9.49. The Morgan fingerprint density at radius 3 is 1.78 bits per heavy atom. The summed E-state index contributed by atoms with van der Waals surface area (Å²) in [6, 6.07) is 9.64. The number of hydrogen-bond acceptors (Lipinski definition) is 5. The van der Waals surface area contributed by atoms with Crippen LogP contribution in [0.15, 0.2) is 30.3 Å². The fraction of sp³-hybridized carbons (Fsp3) is 0.640. The topological polar surface area (TPSA) is 111 Å². The van der Waals surface area contributed by atoms with Gasteiger partial charge in [0.15, 0.2) is 0 Å². The van der Waals surface area contributed by atoms with Gasteiger partial charge >= 0.3 is 5.97 Å². The highest BCUT2D eigenvalue weighted by Gasteiger charge is 2.05. The van der Waals surface area contributed by atoms with E-state index in [-0.39, 0.29) is 17.8 Å². The minimum atomic E-state index is -0.180. The molecule has 0 heterocycles. The summed E-state index contributed by atoms with van der Waals surface area (Å²) in [7, 11) is 0. The molecule has 7 nitrogen and oxygen atoms in total. The third-order valence-corrected chi connectivity index (χ3v) is 5.13. The number of carbonyl (C=O) groups is 3. The molecule has 0 fully saturated rings. The van der Waals surface area contributed by atoms with Gasteiger partial charge < -0.3 is 21.1 Å². The standard InChI is InChI=1S/C25H41N3O4/c26-18-10-2-7-15-23(29)27-19-11-3-8-16-24(30)28-20-12-4-9-17-25(31)32-21-22-13-5-1-6-14-22/h1,5-6,13-14H,2-4,7-12,15-21,26H2,(H,27,29)(H,28,30). The molecule has 180 valence electrons. The summed E-state index contributed by atoms with van der Waals surface area (Å²) >= 11 is 0. The lowest BCUT2D eigenvalue weighted by molar-refractivity contribution is -0.145. The van der Waals surface area contributed by atoms with Crippen molar-refractivity contribution < 1.29 is 19.1 Å². The summed E-state index contributed by atoms with van der Waals surface area (Å²) in [5.41, 5.74) is 6.42. The number of hydrogen-bond donors (Lipinski definition) is 3. The Balaban J connectivity index is 1.86. The number of nitrogens with one attached hydrogen (secondary N) is 2. The highest BCUT2D eigenvalue weighted by Crippen LogP contribution is 2.05. The molecule has 32 heavy (non-hydrogen) atoms. The molecule has 0 saturated carbocycles. The van der Waals surface area contributed by atoms with Gasteiger partial charge in [-0.1, -0.05) is 49.6 Å². The van der Waals surface area contributed by atoms with E-state index in [1.807, 2.05) is 30.3 Å². The van der Waals surface area contributed by atoms with Gasteiger partial charge in [0.25, 0.3) is 0 Å². The van der Waals surface area contributed by atoms with Crippen molar-refractivity contribution >= 4 is 17.8 Å². The van der Waals surface area contributed by atoms with Crippen molar-refractivity contribution in [2.45, 2.75) is 83.7 Å². The first kappa shape index (κ1) is 27.6. The molecule has 0 bridgehead atoms. The number of ether oxygens (including phenoxy) is 1. The van der Waals surface area contributed by atoms with E-state index in [2.05, 4.69) is 10.6 Å². The molecule has 4 N–H and O–H groups in total. The summed E-state index contributed by atoms with van der Waals surface area (Å²) in [5, 5.41) is 5.85. The van der Waals surface area contributed by atoms with Crippen molar-refractivity contribution in [3.63, 3.8) is 0 Å². The van der Waals surface area contributed by atoms with Crippen molar-refractivity contribution in [2.75, 3.05) is 19.6 Å². The quantitative estimate of drug-likeness (QED) is 0.222. The average Bonchev–Trinajstić information content (AvgIpc) is 2.80. The van der Waals surface area contributed by atoms with Gasteiger partial charge in [-0.25, -0.2) is 0 Å². The lowest BCUT2D eigenvalue weighted by Gasteiger charge is -2.07. The molecule has 1 aromatic rings. The van der Waals surface area contributed by atoms with E-state index in [4.69, 9.17) is 10.5 Å². The minimum Gasteiger partial charge on any atom is -0.461 e. The largest absolute Gasteiger partial charge is 0.461 e. The van der Waals surface area contributed by atoms with Crippen molar-refractivity contribution in [2.24, 2.45) is 5.73 Å². The van der Waals surface area contributed by atoms with E-state index in [1.165, 1.54) is 0 Å². The molecule has 0 saturated heterocycles. The number of benzene rings is 1. The second-order valence-corrected chi connectivity index (χ2v) is 8.07. The Labute approximate surface area is 192 Å². The summed E-state index contributed by atoms with van der Waals surface area (Å²) in [6.45, 7) is 2.31. The molecule has 0 aromatic heterocycles. The normalized spacial score (nSPS) is 10.5. The van der Waals surface area contributed by atoms with Gasteiger partial charge in [-0.05, 0) is 50.6 Å². The van der Waals surface area contributed by atoms with Crippen LogP contribution in [0.5, 0.6) is 0 Å².